The lowest BCUT2D eigenvalue weighted by molar-refractivity contribution is 0.132. The van der Waals surface area contributed by atoms with Crippen LogP contribution in [0.4, 0.5) is 0 Å². The molecule has 0 aromatic heterocycles. The molecule has 2 heteroatoms. The highest BCUT2D eigenvalue weighted by Gasteiger charge is 2.31. The third-order valence-electron chi connectivity index (χ3n) is 4.06. The van der Waals surface area contributed by atoms with Crippen molar-refractivity contribution in [2.45, 2.75) is 58.9 Å². The van der Waals surface area contributed by atoms with Crippen molar-refractivity contribution in [2.24, 2.45) is 23.0 Å². The topological polar surface area (TPSA) is 46.2 Å². The molecule has 0 radical (unpaired) electrons. The summed E-state index contributed by atoms with van der Waals surface area (Å²) >= 11 is 0. The molecule has 0 aliphatic heterocycles. The zero-order valence-electron chi connectivity index (χ0n) is 10.5. The summed E-state index contributed by atoms with van der Waals surface area (Å²) in [5.74, 6) is 1.51. The molecule has 1 aliphatic rings. The van der Waals surface area contributed by atoms with E-state index in [4.69, 9.17) is 10.8 Å². The van der Waals surface area contributed by atoms with Crippen LogP contribution in [-0.4, -0.2) is 17.8 Å². The van der Waals surface area contributed by atoms with Gasteiger partial charge in [0.05, 0.1) is 0 Å². The molecule has 1 unspecified atom stereocenters. The zero-order valence-corrected chi connectivity index (χ0v) is 10.5. The van der Waals surface area contributed by atoms with E-state index in [2.05, 4.69) is 20.8 Å². The van der Waals surface area contributed by atoms with Gasteiger partial charge in [-0.1, -0.05) is 20.8 Å². The first-order valence-electron chi connectivity index (χ1n) is 6.31. The Kier molecular flexibility index (Phi) is 4.60. The fraction of sp³-hybridized carbons (Fsp3) is 1.00. The molecule has 2 nitrogen and oxygen atoms in total. The Balaban J connectivity index is 2.36. The van der Waals surface area contributed by atoms with Gasteiger partial charge in [0.15, 0.2) is 0 Å². The summed E-state index contributed by atoms with van der Waals surface area (Å²) in [5.41, 5.74) is 6.50. The van der Waals surface area contributed by atoms with Crippen LogP contribution in [0.15, 0.2) is 0 Å². The summed E-state index contributed by atoms with van der Waals surface area (Å²) in [6.45, 7) is 7.25. The van der Waals surface area contributed by atoms with Crippen molar-refractivity contribution in [3.8, 4) is 0 Å². The monoisotopic (exact) mass is 213 g/mol. The standard InChI is InChI=1S/C13H27NO/c1-13(2,3)11-6-4-10(5-7-11)12(14)8-9-15/h10-12,15H,4-9,14H2,1-3H3. The second kappa shape index (κ2) is 5.31. The molecule has 90 valence electrons. The molecular formula is C13H27NO. The van der Waals surface area contributed by atoms with E-state index in [9.17, 15) is 0 Å². The van der Waals surface area contributed by atoms with Gasteiger partial charge in [-0.3, -0.25) is 0 Å². The largest absolute Gasteiger partial charge is 0.396 e. The number of rotatable bonds is 3. The Morgan fingerprint density at radius 3 is 2.13 bits per heavy atom. The van der Waals surface area contributed by atoms with Gasteiger partial charge in [0.2, 0.25) is 0 Å². The molecule has 0 amide bonds. The van der Waals surface area contributed by atoms with Crippen LogP contribution in [-0.2, 0) is 0 Å². The van der Waals surface area contributed by atoms with Gasteiger partial charge < -0.3 is 10.8 Å². The highest BCUT2D eigenvalue weighted by atomic mass is 16.3. The van der Waals surface area contributed by atoms with Crippen molar-refractivity contribution in [3.05, 3.63) is 0 Å². The minimum absolute atomic E-state index is 0.218. The highest BCUT2D eigenvalue weighted by Crippen LogP contribution is 2.40. The Labute approximate surface area is 94.2 Å². The summed E-state index contributed by atoms with van der Waals surface area (Å²) in [5, 5.41) is 8.87. The molecule has 1 atom stereocenters. The first-order chi connectivity index (χ1) is 6.95. The number of hydrogen-bond donors (Lipinski definition) is 2. The fourth-order valence-electron chi connectivity index (χ4n) is 2.80. The van der Waals surface area contributed by atoms with E-state index in [1.54, 1.807) is 0 Å². The summed E-state index contributed by atoms with van der Waals surface area (Å²) in [6, 6.07) is 0.218. The van der Waals surface area contributed by atoms with E-state index in [-0.39, 0.29) is 12.6 Å². The van der Waals surface area contributed by atoms with Crippen LogP contribution < -0.4 is 5.73 Å². The molecule has 1 fully saturated rings. The van der Waals surface area contributed by atoms with Crippen LogP contribution in [0.5, 0.6) is 0 Å². The van der Waals surface area contributed by atoms with E-state index < -0.39 is 0 Å². The van der Waals surface area contributed by atoms with Gasteiger partial charge in [0, 0.05) is 12.6 Å². The van der Waals surface area contributed by atoms with Gasteiger partial charge in [-0.2, -0.15) is 0 Å². The molecule has 0 bridgehead atoms. The molecular weight excluding hydrogens is 186 g/mol. The summed E-state index contributed by atoms with van der Waals surface area (Å²) in [4.78, 5) is 0. The highest BCUT2D eigenvalue weighted by molar-refractivity contribution is 4.84. The van der Waals surface area contributed by atoms with Gasteiger partial charge in [-0.15, -0.1) is 0 Å². The van der Waals surface area contributed by atoms with Gasteiger partial charge in [-0.05, 0) is 49.4 Å². The molecule has 0 heterocycles. The van der Waals surface area contributed by atoms with Crippen LogP contribution in [0, 0.1) is 17.3 Å². The summed E-state index contributed by atoms with van der Waals surface area (Å²) in [7, 11) is 0. The molecule has 1 aliphatic carbocycles. The average Bonchev–Trinajstić information content (AvgIpc) is 2.17. The molecule has 3 N–H and O–H groups in total. The van der Waals surface area contributed by atoms with Crippen LogP contribution in [0.2, 0.25) is 0 Å². The van der Waals surface area contributed by atoms with Gasteiger partial charge in [0.1, 0.15) is 0 Å². The van der Waals surface area contributed by atoms with E-state index in [0.29, 0.717) is 11.3 Å². The van der Waals surface area contributed by atoms with Crippen LogP contribution in [0.1, 0.15) is 52.9 Å². The van der Waals surface area contributed by atoms with E-state index in [0.717, 1.165) is 12.3 Å². The fourth-order valence-corrected chi connectivity index (χ4v) is 2.80. The third-order valence-corrected chi connectivity index (χ3v) is 4.06. The normalized spacial score (nSPS) is 30.2. The van der Waals surface area contributed by atoms with Gasteiger partial charge in [-0.25, -0.2) is 0 Å². The van der Waals surface area contributed by atoms with E-state index >= 15 is 0 Å². The van der Waals surface area contributed by atoms with Gasteiger partial charge in [0.25, 0.3) is 0 Å². The molecule has 1 saturated carbocycles. The maximum absolute atomic E-state index is 8.87. The zero-order chi connectivity index (χ0) is 11.5. The molecule has 0 aromatic carbocycles. The maximum Gasteiger partial charge on any atom is 0.0445 e. The van der Waals surface area contributed by atoms with Gasteiger partial charge >= 0.3 is 0 Å². The average molecular weight is 213 g/mol. The second-order valence-electron chi connectivity index (χ2n) is 6.15. The lowest BCUT2D eigenvalue weighted by Gasteiger charge is -2.38. The Bertz CT molecular complexity index is 177. The minimum Gasteiger partial charge on any atom is -0.396 e. The first-order valence-corrected chi connectivity index (χ1v) is 6.31. The van der Waals surface area contributed by atoms with Crippen molar-refractivity contribution in [2.75, 3.05) is 6.61 Å². The molecule has 0 spiro atoms. The van der Waals surface area contributed by atoms with Crippen LogP contribution in [0.3, 0.4) is 0 Å². The van der Waals surface area contributed by atoms with E-state index in [1.165, 1.54) is 25.7 Å². The Morgan fingerprint density at radius 2 is 1.73 bits per heavy atom. The predicted octanol–water partition coefficient (Wildman–Crippen LogP) is 2.55. The molecule has 0 aromatic rings. The third kappa shape index (κ3) is 3.76. The Morgan fingerprint density at radius 1 is 1.20 bits per heavy atom. The van der Waals surface area contributed by atoms with Crippen molar-refractivity contribution in [1.29, 1.82) is 0 Å². The van der Waals surface area contributed by atoms with Crippen molar-refractivity contribution < 1.29 is 5.11 Å². The SMILES string of the molecule is CC(C)(C)C1CCC(C(N)CCO)CC1. The van der Waals surface area contributed by atoms with E-state index in [1.807, 2.05) is 0 Å². The number of aliphatic hydroxyl groups is 1. The minimum atomic E-state index is 0.218. The quantitative estimate of drug-likeness (QED) is 0.757. The Hall–Kier alpha value is -0.0800. The van der Waals surface area contributed by atoms with Crippen LogP contribution in [0.25, 0.3) is 0 Å². The molecule has 15 heavy (non-hydrogen) atoms. The summed E-state index contributed by atoms with van der Waals surface area (Å²) in [6.07, 6.45) is 5.90. The molecule has 1 rings (SSSR count). The predicted molar refractivity (Wildman–Crippen MR) is 64.6 cm³/mol. The number of aliphatic hydroxyl groups excluding tert-OH is 1. The number of hydrogen-bond acceptors (Lipinski definition) is 2. The van der Waals surface area contributed by atoms with Crippen molar-refractivity contribution >= 4 is 0 Å². The second-order valence-corrected chi connectivity index (χ2v) is 6.15. The lowest BCUT2D eigenvalue weighted by Crippen LogP contribution is -2.36. The first kappa shape index (κ1) is 13.0. The molecule has 0 saturated heterocycles. The van der Waals surface area contributed by atoms with Crippen LogP contribution >= 0.6 is 0 Å². The maximum atomic E-state index is 8.87. The smallest absolute Gasteiger partial charge is 0.0445 e. The lowest BCUT2D eigenvalue weighted by atomic mass is 9.68. The van der Waals surface area contributed by atoms with Crippen molar-refractivity contribution in [1.82, 2.24) is 0 Å². The van der Waals surface area contributed by atoms with Crippen molar-refractivity contribution in [3.63, 3.8) is 0 Å². The summed E-state index contributed by atoms with van der Waals surface area (Å²) < 4.78 is 0. The number of nitrogens with two attached hydrogens (primary N) is 1.